The molecule has 0 aliphatic carbocycles. The molecule has 0 fully saturated rings. The predicted molar refractivity (Wildman–Crippen MR) is 125 cm³/mol. The Morgan fingerprint density at radius 3 is 2.53 bits per heavy atom. The molecule has 0 spiro atoms. The number of amides is 1. The fraction of sp³-hybridized carbons (Fsp3) is 0.125. The van der Waals surface area contributed by atoms with Crippen LogP contribution in [0.4, 0.5) is 5.69 Å². The normalized spacial score (nSPS) is 11.4. The number of anilines is 1. The van der Waals surface area contributed by atoms with Crippen LogP contribution in [-0.2, 0) is 11.3 Å². The second-order valence-corrected chi connectivity index (χ2v) is 8.23. The zero-order valence-corrected chi connectivity index (χ0v) is 18.0. The summed E-state index contributed by atoms with van der Waals surface area (Å²) >= 11 is 3.45. The van der Waals surface area contributed by atoms with Gasteiger partial charge in [0.05, 0.1) is 16.6 Å². The lowest BCUT2D eigenvalue weighted by Crippen LogP contribution is -2.15. The van der Waals surface area contributed by atoms with Gasteiger partial charge in [0.25, 0.3) is 0 Å². The molecule has 5 rings (SSSR count). The third kappa shape index (κ3) is 3.33. The predicted octanol–water partition coefficient (Wildman–Crippen LogP) is 5.84. The van der Waals surface area contributed by atoms with Crippen molar-refractivity contribution >= 4 is 60.6 Å². The average Bonchev–Trinajstić information content (AvgIpc) is 3.05. The second kappa shape index (κ2) is 7.54. The van der Waals surface area contributed by atoms with Crippen molar-refractivity contribution in [2.45, 2.75) is 19.9 Å². The Morgan fingerprint density at radius 2 is 1.73 bits per heavy atom. The molecular formula is C24H19BrN4O. The highest BCUT2D eigenvalue weighted by Gasteiger charge is 2.15. The fourth-order valence-corrected chi connectivity index (χ4v) is 4.28. The third-order valence-corrected chi connectivity index (χ3v) is 5.78. The SMILES string of the molecule is Cc1cc(Br)ccc1NC(=O)CCn1c2ccccc2c2nc3ccccc3nc21. The molecule has 0 radical (unpaired) electrons. The van der Waals surface area contributed by atoms with Crippen molar-refractivity contribution < 1.29 is 4.79 Å². The standard InChI is InChI=1S/C24H19BrN4O/c1-15-14-16(25)10-11-18(15)26-22(30)12-13-29-21-9-5-2-6-17(21)23-24(29)28-20-8-4-3-7-19(20)27-23/h2-11,14H,12-13H2,1H3,(H,26,30). The van der Waals surface area contributed by atoms with Gasteiger partial charge in [0.15, 0.2) is 5.65 Å². The van der Waals surface area contributed by atoms with E-state index in [0.29, 0.717) is 13.0 Å². The van der Waals surface area contributed by atoms with Crippen LogP contribution in [0, 0.1) is 6.92 Å². The Kier molecular flexibility index (Phi) is 4.71. The quantitative estimate of drug-likeness (QED) is 0.368. The van der Waals surface area contributed by atoms with E-state index in [0.717, 1.165) is 48.8 Å². The molecule has 6 heteroatoms. The van der Waals surface area contributed by atoms with Gasteiger partial charge < -0.3 is 9.88 Å². The first kappa shape index (κ1) is 18.8. The molecule has 0 atom stereocenters. The summed E-state index contributed by atoms with van der Waals surface area (Å²) in [5.74, 6) is -0.0277. The van der Waals surface area contributed by atoms with Crippen LogP contribution in [0.3, 0.4) is 0 Å². The van der Waals surface area contributed by atoms with Gasteiger partial charge in [-0.15, -0.1) is 0 Å². The van der Waals surface area contributed by atoms with Crippen molar-refractivity contribution in [3.63, 3.8) is 0 Å². The van der Waals surface area contributed by atoms with E-state index in [-0.39, 0.29) is 5.91 Å². The Hall–Kier alpha value is -3.25. The molecule has 5 aromatic rings. The van der Waals surface area contributed by atoms with Crippen LogP contribution in [0.5, 0.6) is 0 Å². The average molecular weight is 459 g/mol. The largest absolute Gasteiger partial charge is 0.326 e. The molecule has 0 unspecified atom stereocenters. The van der Waals surface area contributed by atoms with Gasteiger partial charge in [0, 0.05) is 28.5 Å². The molecule has 2 heterocycles. The van der Waals surface area contributed by atoms with Crippen LogP contribution in [0.25, 0.3) is 33.1 Å². The van der Waals surface area contributed by atoms with Gasteiger partial charge in [-0.2, -0.15) is 0 Å². The minimum atomic E-state index is -0.0277. The monoisotopic (exact) mass is 458 g/mol. The Balaban J connectivity index is 1.50. The molecule has 0 saturated carbocycles. The van der Waals surface area contributed by atoms with E-state index in [1.807, 2.05) is 61.5 Å². The zero-order valence-electron chi connectivity index (χ0n) is 16.4. The lowest BCUT2D eigenvalue weighted by atomic mass is 10.2. The topological polar surface area (TPSA) is 59.8 Å². The first-order chi connectivity index (χ1) is 14.6. The van der Waals surface area contributed by atoms with Crippen molar-refractivity contribution in [3.05, 3.63) is 76.8 Å². The fourth-order valence-electron chi connectivity index (χ4n) is 3.80. The summed E-state index contributed by atoms with van der Waals surface area (Å²) in [6.07, 6.45) is 0.345. The maximum absolute atomic E-state index is 12.7. The highest BCUT2D eigenvalue weighted by atomic mass is 79.9. The summed E-state index contributed by atoms with van der Waals surface area (Å²) in [5, 5.41) is 4.07. The van der Waals surface area contributed by atoms with Gasteiger partial charge in [-0.1, -0.05) is 46.3 Å². The van der Waals surface area contributed by atoms with Crippen molar-refractivity contribution in [1.82, 2.24) is 14.5 Å². The van der Waals surface area contributed by atoms with Gasteiger partial charge in [0.2, 0.25) is 5.91 Å². The number of aryl methyl sites for hydroxylation is 2. The van der Waals surface area contributed by atoms with Crippen molar-refractivity contribution in [1.29, 1.82) is 0 Å². The zero-order chi connectivity index (χ0) is 20.7. The number of aromatic nitrogens is 3. The van der Waals surface area contributed by atoms with Crippen LogP contribution in [0.1, 0.15) is 12.0 Å². The van der Waals surface area contributed by atoms with Crippen LogP contribution in [-0.4, -0.2) is 20.4 Å². The summed E-state index contributed by atoms with van der Waals surface area (Å²) in [4.78, 5) is 22.4. The lowest BCUT2D eigenvalue weighted by Gasteiger charge is -2.10. The summed E-state index contributed by atoms with van der Waals surface area (Å²) < 4.78 is 3.09. The van der Waals surface area contributed by atoms with Gasteiger partial charge in [-0.3, -0.25) is 4.79 Å². The highest BCUT2D eigenvalue weighted by Crippen LogP contribution is 2.28. The molecule has 5 nitrogen and oxygen atoms in total. The molecule has 148 valence electrons. The number of nitrogens with one attached hydrogen (secondary N) is 1. The molecule has 0 aliphatic heterocycles. The van der Waals surface area contributed by atoms with E-state index >= 15 is 0 Å². The Bertz CT molecular complexity index is 1420. The molecule has 3 aromatic carbocycles. The number of carbonyl (C=O) groups excluding carboxylic acids is 1. The minimum absolute atomic E-state index is 0.0277. The summed E-state index contributed by atoms with van der Waals surface area (Å²) in [5.41, 5.74) is 6.29. The molecule has 1 amide bonds. The molecule has 0 aliphatic rings. The summed E-state index contributed by atoms with van der Waals surface area (Å²) in [6.45, 7) is 2.51. The van der Waals surface area contributed by atoms with Crippen LogP contribution in [0.2, 0.25) is 0 Å². The van der Waals surface area contributed by atoms with Crippen LogP contribution in [0.15, 0.2) is 71.2 Å². The first-order valence-corrected chi connectivity index (χ1v) is 10.6. The van der Waals surface area contributed by atoms with Gasteiger partial charge >= 0.3 is 0 Å². The molecular weight excluding hydrogens is 440 g/mol. The second-order valence-electron chi connectivity index (χ2n) is 7.31. The number of carbonyl (C=O) groups is 1. The van der Waals surface area contributed by atoms with Crippen LogP contribution < -0.4 is 5.32 Å². The smallest absolute Gasteiger partial charge is 0.226 e. The number of fused-ring (bicyclic) bond motifs is 4. The Morgan fingerprint density at radius 1 is 1.00 bits per heavy atom. The van der Waals surface area contributed by atoms with Gasteiger partial charge in [-0.05, 0) is 48.9 Å². The van der Waals surface area contributed by atoms with E-state index in [4.69, 9.17) is 9.97 Å². The molecule has 1 N–H and O–H groups in total. The van der Waals surface area contributed by atoms with Crippen LogP contribution >= 0.6 is 15.9 Å². The maximum Gasteiger partial charge on any atom is 0.226 e. The molecule has 0 saturated heterocycles. The number of rotatable bonds is 4. The Labute approximate surface area is 181 Å². The molecule has 2 aromatic heterocycles. The minimum Gasteiger partial charge on any atom is -0.326 e. The van der Waals surface area contributed by atoms with E-state index in [9.17, 15) is 4.79 Å². The van der Waals surface area contributed by atoms with Gasteiger partial charge in [0.1, 0.15) is 5.52 Å². The molecule has 0 bridgehead atoms. The number of nitrogens with zero attached hydrogens (tertiary/aromatic N) is 3. The summed E-state index contributed by atoms with van der Waals surface area (Å²) in [7, 11) is 0. The lowest BCUT2D eigenvalue weighted by molar-refractivity contribution is -0.116. The number of para-hydroxylation sites is 3. The number of halogens is 1. The van der Waals surface area contributed by atoms with Crippen molar-refractivity contribution in [3.8, 4) is 0 Å². The number of hydrogen-bond acceptors (Lipinski definition) is 3. The van der Waals surface area contributed by atoms with E-state index in [2.05, 4.69) is 37.9 Å². The molecule has 30 heavy (non-hydrogen) atoms. The summed E-state index contributed by atoms with van der Waals surface area (Å²) in [6, 6.07) is 21.8. The first-order valence-electron chi connectivity index (χ1n) is 9.80. The highest BCUT2D eigenvalue weighted by molar-refractivity contribution is 9.10. The van der Waals surface area contributed by atoms with Crippen molar-refractivity contribution in [2.75, 3.05) is 5.32 Å². The van der Waals surface area contributed by atoms with E-state index < -0.39 is 0 Å². The van der Waals surface area contributed by atoms with E-state index in [1.54, 1.807) is 0 Å². The third-order valence-electron chi connectivity index (χ3n) is 5.28. The van der Waals surface area contributed by atoms with E-state index in [1.165, 1.54) is 0 Å². The number of hydrogen-bond donors (Lipinski definition) is 1. The van der Waals surface area contributed by atoms with Crippen molar-refractivity contribution in [2.24, 2.45) is 0 Å². The van der Waals surface area contributed by atoms with Gasteiger partial charge in [-0.25, -0.2) is 9.97 Å². The number of benzene rings is 3. The maximum atomic E-state index is 12.7.